The van der Waals surface area contributed by atoms with Gasteiger partial charge < -0.3 is 19.7 Å². The first-order chi connectivity index (χ1) is 15.7. The third kappa shape index (κ3) is 3.00. The van der Waals surface area contributed by atoms with Gasteiger partial charge >= 0.3 is 11.9 Å². The lowest BCUT2D eigenvalue weighted by Crippen LogP contribution is -2.66. The van der Waals surface area contributed by atoms with Crippen LogP contribution >= 0.6 is 0 Å². The van der Waals surface area contributed by atoms with Gasteiger partial charge in [-0.05, 0) is 66.6 Å². The zero-order valence-corrected chi connectivity index (χ0v) is 21.6. The van der Waals surface area contributed by atoms with Gasteiger partial charge in [0.05, 0.1) is 12.5 Å². The van der Waals surface area contributed by atoms with Crippen LogP contribution in [-0.2, 0) is 19.1 Å². The van der Waals surface area contributed by atoms with Crippen LogP contribution in [0.5, 0.6) is 0 Å². The fourth-order valence-electron chi connectivity index (χ4n) is 9.89. The molecule has 0 radical (unpaired) electrons. The molecule has 5 aliphatic rings. The predicted octanol–water partition coefficient (Wildman–Crippen LogP) is 4.17. The van der Waals surface area contributed by atoms with E-state index >= 15 is 0 Å². The van der Waals surface area contributed by atoms with Gasteiger partial charge in [0.1, 0.15) is 18.3 Å². The fourth-order valence-corrected chi connectivity index (χ4v) is 9.89. The van der Waals surface area contributed by atoms with Gasteiger partial charge in [0.2, 0.25) is 0 Å². The molecule has 9 unspecified atom stereocenters. The molecular formula is C28H42O6. The molecular weight excluding hydrogens is 432 g/mol. The second kappa shape index (κ2) is 7.32. The lowest BCUT2D eigenvalue weighted by Gasteiger charge is -2.68. The first-order valence-electron chi connectivity index (χ1n) is 13.1. The van der Waals surface area contributed by atoms with E-state index in [-0.39, 0.29) is 70.7 Å². The number of carbonyl (C=O) groups excluding carboxylic acids is 2. The molecule has 4 fully saturated rings. The standard InChI is InChI=1S/C28H42O6/c1-16(29)34-22-13-20-24(2,3)21(30)10-12-26(20,5)18-9-11-25(4)17(27(18,22)6)7-8-19(25)28(32)14-23(31)33-15-28/h7,18-22,30,32H,8-15H2,1-6H3. The Balaban J connectivity index is 1.59. The number of allylic oxidation sites excluding steroid dienone is 1. The molecule has 0 amide bonds. The highest BCUT2D eigenvalue weighted by Crippen LogP contribution is 2.73. The predicted molar refractivity (Wildman–Crippen MR) is 126 cm³/mol. The summed E-state index contributed by atoms with van der Waals surface area (Å²) in [5, 5.41) is 22.4. The average molecular weight is 475 g/mol. The summed E-state index contributed by atoms with van der Waals surface area (Å²) in [4.78, 5) is 24.3. The van der Waals surface area contributed by atoms with Crippen molar-refractivity contribution in [3.05, 3.63) is 11.6 Å². The minimum Gasteiger partial charge on any atom is -0.462 e. The Morgan fingerprint density at radius 1 is 1.09 bits per heavy atom. The molecule has 1 aliphatic heterocycles. The van der Waals surface area contributed by atoms with E-state index in [1.165, 1.54) is 12.5 Å². The van der Waals surface area contributed by atoms with Gasteiger partial charge in [-0.3, -0.25) is 9.59 Å². The van der Waals surface area contributed by atoms with Crippen LogP contribution in [0.25, 0.3) is 0 Å². The number of ether oxygens (including phenoxy) is 2. The SMILES string of the molecule is CC(=O)OC1CC2C(C)(C)C(O)CCC2(C)C2CCC3(C)C(=CCC3C3(O)COC(=O)C3)C12C. The lowest BCUT2D eigenvalue weighted by atomic mass is 9.37. The summed E-state index contributed by atoms with van der Waals surface area (Å²) in [6.07, 6.45) is 6.81. The summed E-state index contributed by atoms with van der Waals surface area (Å²) in [6, 6.07) is 0. The molecule has 0 aromatic heterocycles. The molecule has 0 aromatic rings. The minimum atomic E-state index is -1.15. The molecule has 9 atom stereocenters. The van der Waals surface area contributed by atoms with E-state index in [0.29, 0.717) is 12.3 Å². The highest BCUT2D eigenvalue weighted by Gasteiger charge is 2.70. The van der Waals surface area contributed by atoms with Crippen molar-refractivity contribution in [2.75, 3.05) is 6.61 Å². The Morgan fingerprint density at radius 2 is 1.79 bits per heavy atom. The van der Waals surface area contributed by atoms with Crippen molar-refractivity contribution in [3.8, 4) is 0 Å². The van der Waals surface area contributed by atoms with Crippen LogP contribution in [0.4, 0.5) is 0 Å². The van der Waals surface area contributed by atoms with E-state index in [0.717, 1.165) is 32.1 Å². The smallest absolute Gasteiger partial charge is 0.308 e. The number of hydrogen-bond donors (Lipinski definition) is 2. The highest BCUT2D eigenvalue weighted by atomic mass is 16.6. The molecule has 0 aromatic carbocycles. The third-order valence-electron chi connectivity index (χ3n) is 11.5. The van der Waals surface area contributed by atoms with Crippen LogP contribution in [0.3, 0.4) is 0 Å². The van der Waals surface area contributed by atoms with E-state index in [1.54, 1.807) is 0 Å². The monoisotopic (exact) mass is 474 g/mol. The third-order valence-corrected chi connectivity index (χ3v) is 11.5. The van der Waals surface area contributed by atoms with Crippen molar-refractivity contribution in [1.82, 2.24) is 0 Å². The Hall–Kier alpha value is -1.40. The quantitative estimate of drug-likeness (QED) is 0.461. The summed E-state index contributed by atoms with van der Waals surface area (Å²) in [6.45, 7) is 12.8. The van der Waals surface area contributed by atoms with E-state index in [1.807, 2.05) is 0 Å². The number of rotatable bonds is 2. The molecule has 2 N–H and O–H groups in total. The van der Waals surface area contributed by atoms with Gasteiger partial charge in [-0.2, -0.15) is 0 Å². The number of esters is 2. The molecule has 34 heavy (non-hydrogen) atoms. The van der Waals surface area contributed by atoms with Crippen LogP contribution in [0.15, 0.2) is 11.6 Å². The van der Waals surface area contributed by atoms with Crippen LogP contribution in [-0.4, -0.2) is 46.6 Å². The molecule has 0 spiro atoms. The van der Waals surface area contributed by atoms with E-state index in [2.05, 4.69) is 40.7 Å². The number of fused-ring (bicyclic) bond motifs is 5. The van der Waals surface area contributed by atoms with Gasteiger partial charge in [0.15, 0.2) is 0 Å². The zero-order valence-electron chi connectivity index (χ0n) is 21.6. The van der Waals surface area contributed by atoms with Crippen molar-refractivity contribution in [2.24, 2.45) is 39.4 Å². The maximum atomic E-state index is 12.3. The lowest BCUT2D eigenvalue weighted by molar-refractivity contribution is -0.223. The van der Waals surface area contributed by atoms with Crippen LogP contribution in [0.1, 0.15) is 86.5 Å². The Bertz CT molecular complexity index is 939. The summed E-state index contributed by atoms with van der Waals surface area (Å²) in [5.74, 6) is -0.124. The molecule has 6 nitrogen and oxygen atoms in total. The summed E-state index contributed by atoms with van der Waals surface area (Å²) in [5.41, 5.74) is -0.712. The molecule has 6 heteroatoms. The normalized spacial score (nSPS) is 51.6. The van der Waals surface area contributed by atoms with Crippen molar-refractivity contribution in [1.29, 1.82) is 0 Å². The number of cyclic esters (lactones) is 1. The van der Waals surface area contributed by atoms with Gasteiger partial charge in [0, 0.05) is 18.3 Å². The van der Waals surface area contributed by atoms with Crippen molar-refractivity contribution in [2.45, 2.75) is 104 Å². The summed E-state index contributed by atoms with van der Waals surface area (Å²) >= 11 is 0. The zero-order chi connectivity index (χ0) is 24.9. The van der Waals surface area contributed by atoms with Gasteiger partial charge in [-0.15, -0.1) is 0 Å². The van der Waals surface area contributed by atoms with E-state index in [9.17, 15) is 19.8 Å². The van der Waals surface area contributed by atoms with Gasteiger partial charge in [0.25, 0.3) is 0 Å². The summed E-state index contributed by atoms with van der Waals surface area (Å²) < 4.78 is 11.4. The molecule has 5 rings (SSSR count). The number of hydrogen-bond acceptors (Lipinski definition) is 6. The van der Waals surface area contributed by atoms with Crippen LogP contribution in [0.2, 0.25) is 0 Å². The summed E-state index contributed by atoms with van der Waals surface area (Å²) in [7, 11) is 0. The second-order valence-corrected chi connectivity index (χ2v) is 13.4. The van der Waals surface area contributed by atoms with Gasteiger partial charge in [-0.1, -0.05) is 46.3 Å². The van der Waals surface area contributed by atoms with E-state index < -0.39 is 5.60 Å². The van der Waals surface area contributed by atoms with Gasteiger partial charge in [-0.25, -0.2) is 0 Å². The molecule has 0 bridgehead atoms. The number of aliphatic hydroxyl groups is 2. The average Bonchev–Trinajstić information content (AvgIpc) is 3.27. The van der Waals surface area contributed by atoms with Crippen molar-refractivity contribution >= 4 is 11.9 Å². The largest absolute Gasteiger partial charge is 0.462 e. The van der Waals surface area contributed by atoms with E-state index in [4.69, 9.17) is 9.47 Å². The minimum absolute atomic E-state index is 0.0255. The molecule has 1 heterocycles. The molecule has 190 valence electrons. The first-order valence-corrected chi connectivity index (χ1v) is 13.1. The maximum absolute atomic E-state index is 12.3. The fraction of sp³-hybridized carbons (Fsp3) is 0.857. The molecule has 4 aliphatic carbocycles. The van der Waals surface area contributed by atoms with Crippen LogP contribution in [0, 0.1) is 39.4 Å². The number of carbonyl (C=O) groups is 2. The topological polar surface area (TPSA) is 93.1 Å². The van der Waals surface area contributed by atoms with Crippen molar-refractivity contribution in [3.63, 3.8) is 0 Å². The second-order valence-electron chi connectivity index (χ2n) is 13.4. The Morgan fingerprint density at radius 3 is 2.41 bits per heavy atom. The first kappa shape index (κ1) is 24.3. The molecule has 3 saturated carbocycles. The Kier molecular flexibility index (Phi) is 5.23. The maximum Gasteiger partial charge on any atom is 0.308 e. The van der Waals surface area contributed by atoms with Crippen molar-refractivity contribution < 1.29 is 29.3 Å². The molecule has 1 saturated heterocycles. The number of aliphatic hydroxyl groups excluding tert-OH is 1. The highest BCUT2D eigenvalue weighted by molar-refractivity contribution is 5.73. The van der Waals surface area contributed by atoms with Crippen LogP contribution < -0.4 is 0 Å². The Labute approximate surface area is 203 Å².